The van der Waals surface area contributed by atoms with E-state index in [2.05, 4.69) is 5.32 Å². The molecule has 7 nitrogen and oxygen atoms in total. The molecule has 0 aromatic heterocycles. The number of nitrogens with one attached hydrogen (secondary N) is 1. The average molecular weight is 217 g/mol. The molecule has 0 saturated carbocycles. The van der Waals surface area contributed by atoms with Gasteiger partial charge in [-0.3, -0.25) is 14.4 Å². The molecule has 1 saturated heterocycles. The quantitative estimate of drug-likeness (QED) is 0.469. The second-order valence-electron chi connectivity index (χ2n) is 3.42. The molecule has 0 bridgehead atoms. The van der Waals surface area contributed by atoms with Crippen molar-refractivity contribution in [3.8, 4) is 0 Å². The standard InChI is InChI=1S/C8H11NO6/c10-6(11)3-1-5(8(14)15)9-2-4(3)7(12)13/h3-5,9H,1-2H2,(H,10,11)(H,12,13)(H,14,15)/t3-,4+,5+/m1/s1. The monoisotopic (exact) mass is 217 g/mol. The normalized spacial score (nSPS) is 30.8. The largest absolute Gasteiger partial charge is 0.481 e. The third-order valence-corrected chi connectivity index (χ3v) is 2.49. The second kappa shape index (κ2) is 4.26. The lowest BCUT2D eigenvalue weighted by Gasteiger charge is -2.30. The van der Waals surface area contributed by atoms with Gasteiger partial charge in [0, 0.05) is 6.54 Å². The molecule has 1 fully saturated rings. The van der Waals surface area contributed by atoms with Crippen LogP contribution in [0.4, 0.5) is 0 Å². The SMILES string of the molecule is O=C(O)[C@@H]1C[C@@H](C(=O)O)[C@@H](C(=O)O)CN1. The molecule has 0 spiro atoms. The Labute approximate surface area is 84.7 Å². The molecule has 4 N–H and O–H groups in total. The maximum absolute atomic E-state index is 10.8. The minimum atomic E-state index is -1.27. The van der Waals surface area contributed by atoms with Crippen LogP contribution in [-0.4, -0.2) is 45.8 Å². The van der Waals surface area contributed by atoms with E-state index in [1.54, 1.807) is 0 Å². The van der Waals surface area contributed by atoms with Gasteiger partial charge in [0.2, 0.25) is 0 Å². The zero-order valence-electron chi connectivity index (χ0n) is 7.71. The van der Waals surface area contributed by atoms with Crippen LogP contribution in [0.3, 0.4) is 0 Å². The Morgan fingerprint density at radius 1 is 0.933 bits per heavy atom. The van der Waals surface area contributed by atoms with Crippen molar-refractivity contribution < 1.29 is 29.7 Å². The van der Waals surface area contributed by atoms with Crippen LogP contribution >= 0.6 is 0 Å². The third kappa shape index (κ3) is 2.44. The molecule has 1 heterocycles. The van der Waals surface area contributed by atoms with Crippen LogP contribution in [0.25, 0.3) is 0 Å². The first-order valence-electron chi connectivity index (χ1n) is 4.35. The number of piperidine rings is 1. The summed E-state index contributed by atoms with van der Waals surface area (Å²) >= 11 is 0. The summed E-state index contributed by atoms with van der Waals surface area (Å²) in [5.74, 6) is -5.87. The highest BCUT2D eigenvalue weighted by Gasteiger charge is 2.41. The number of hydrogen-bond acceptors (Lipinski definition) is 4. The summed E-state index contributed by atoms with van der Waals surface area (Å²) in [6.07, 6.45) is -0.207. The molecular formula is C8H11NO6. The molecular weight excluding hydrogens is 206 g/mol. The summed E-state index contributed by atoms with van der Waals surface area (Å²) in [6, 6.07) is -0.985. The van der Waals surface area contributed by atoms with Crippen molar-refractivity contribution in [1.29, 1.82) is 0 Å². The van der Waals surface area contributed by atoms with E-state index in [0.717, 1.165) is 0 Å². The Balaban J connectivity index is 2.78. The first kappa shape index (κ1) is 11.4. The van der Waals surface area contributed by atoms with Crippen molar-refractivity contribution in [2.24, 2.45) is 11.8 Å². The number of aliphatic carboxylic acids is 3. The Hall–Kier alpha value is -1.63. The van der Waals surface area contributed by atoms with E-state index in [1.165, 1.54) is 0 Å². The van der Waals surface area contributed by atoms with Crippen LogP contribution in [0.5, 0.6) is 0 Å². The maximum atomic E-state index is 10.8. The smallest absolute Gasteiger partial charge is 0.320 e. The van der Waals surface area contributed by atoms with Gasteiger partial charge in [-0.25, -0.2) is 0 Å². The Bertz CT molecular complexity index is 302. The second-order valence-corrected chi connectivity index (χ2v) is 3.42. The summed E-state index contributed by atoms with van der Waals surface area (Å²) in [5, 5.41) is 28.7. The molecule has 0 aromatic rings. The zero-order valence-corrected chi connectivity index (χ0v) is 7.71. The van der Waals surface area contributed by atoms with Crippen molar-refractivity contribution in [2.45, 2.75) is 12.5 Å². The van der Waals surface area contributed by atoms with Crippen LogP contribution < -0.4 is 5.32 Å². The first-order valence-corrected chi connectivity index (χ1v) is 4.35. The number of rotatable bonds is 3. The van der Waals surface area contributed by atoms with Crippen LogP contribution in [0.15, 0.2) is 0 Å². The molecule has 7 heteroatoms. The van der Waals surface area contributed by atoms with E-state index in [-0.39, 0.29) is 13.0 Å². The van der Waals surface area contributed by atoms with Gasteiger partial charge in [0.1, 0.15) is 6.04 Å². The van der Waals surface area contributed by atoms with Crippen molar-refractivity contribution in [1.82, 2.24) is 5.32 Å². The Kier molecular flexibility index (Phi) is 3.25. The molecule has 3 atom stereocenters. The predicted octanol–water partition coefficient (Wildman–Crippen LogP) is -1.17. The van der Waals surface area contributed by atoms with Gasteiger partial charge in [-0.1, -0.05) is 0 Å². The first-order chi connectivity index (χ1) is 6.93. The van der Waals surface area contributed by atoms with Gasteiger partial charge in [-0.05, 0) is 6.42 Å². The highest BCUT2D eigenvalue weighted by atomic mass is 16.4. The van der Waals surface area contributed by atoms with E-state index in [4.69, 9.17) is 15.3 Å². The molecule has 0 amide bonds. The van der Waals surface area contributed by atoms with Crippen molar-refractivity contribution in [3.05, 3.63) is 0 Å². The van der Waals surface area contributed by atoms with Crippen LogP contribution in [0.2, 0.25) is 0 Å². The molecule has 1 aliphatic rings. The lowest BCUT2D eigenvalue weighted by Crippen LogP contribution is -2.52. The predicted molar refractivity (Wildman–Crippen MR) is 46.3 cm³/mol. The van der Waals surface area contributed by atoms with Crippen molar-refractivity contribution >= 4 is 17.9 Å². The fourth-order valence-corrected chi connectivity index (χ4v) is 1.63. The minimum Gasteiger partial charge on any atom is -0.481 e. The third-order valence-electron chi connectivity index (χ3n) is 2.49. The van der Waals surface area contributed by atoms with Gasteiger partial charge in [0.15, 0.2) is 0 Å². The summed E-state index contributed by atoms with van der Waals surface area (Å²) in [5.41, 5.74) is 0. The lowest BCUT2D eigenvalue weighted by atomic mass is 9.83. The van der Waals surface area contributed by atoms with Gasteiger partial charge in [-0.2, -0.15) is 0 Å². The average Bonchev–Trinajstić information content (AvgIpc) is 2.16. The molecule has 15 heavy (non-hydrogen) atoms. The topological polar surface area (TPSA) is 124 Å². The summed E-state index contributed by atoms with van der Waals surface area (Å²) in [4.78, 5) is 32.0. The molecule has 84 valence electrons. The van der Waals surface area contributed by atoms with Crippen LogP contribution in [0.1, 0.15) is 6.42 Å². The van der Waals surface area contributed by atoms with Crippen molar-refractivity contribution in [3.63, 3.8) is 0 Å². The zero-order chi connectivity index (χ0) is 11.6. The number of carbonyl (C=O) groups is 3. The van der Waals surface area contributed by atoms with E-state index in [9.17, 15) is 14.4 Å². The van der Waals surface area contributed by atoms with Crippen LogP contribution in [-0.2, 0) is 14.4 Å². The fourth-order valence-electron chi connectivity index (χ4n) is 1.63. The summed E-state index contributed by atoms with van der Waals surface area (Å²) in [7, 11) is 0. The van der Waals surface area contributed by atoms with Gasteiger partial charge >= 0.3 is 17.9 Å². The lowest BCUT2D eigenvalue weighted by molar-refractivity contribution is -0.157. The molecule has 0 unspecified atom stereocenters. The molecule has 0 aliphatic carbocycles. The van der Waals surface area contributed by atoms with Gasteiger partial charge in [-0.15, -0.1) is 0 Å². The highest BCUT2D eigenvalue weighted by Crippen LogP contribution is 2.23. The molecule has 0 radical (unpaired) electrons. The van der Waals surface area contributed by atoms with Gasteiger partial charge in [0.25, 0.3) is 0 Å². The summed E-state index contributed by atoms with van der Waals surface area (Å²) < 4.78 is 0. The maximum Gasteiger partial charge on any atom is 0.320 e. The molecule has 1 rings (SSSR count). The Morgan fingerprint density at radius 2 is 1.47 bits per heavy atom. The summed E-state index contributed by atoms with van der Waals surface area (Å²) in [6.45, 7) is -0.136. The van der Waals surface area contributed by atoms with Gasteiger partial charge in [0.05, 0.1) is 11.8 Å². The Morgan fingerprint density at radius 3 is 1.87 bits per heavy atom. The number of carboxylic acid groups (broad SMARTS) is 3. The molecule has 0 aromatic carbocycles. The van der Waals surface area contributed by atoms with Crippen molar-refractivity contribution in [2.75, 3.05) is 6.54 Å². The fraction of sp³-hybridized carbons (Fsp3) is 0.625. The van der Waals surface area contributed by atoms with E-state index >= 15 is 0 Å². The van der Waals surface area contributed by atoms with E-state index < -0.39 is 35.8 Å². The molecule has 1 aliphatic heterocycles. The number of hydrogen-bond donors (Lipinski definition) is 4. The highest BCUT2D eigenvalue weighted by molar-refractivity contribution is 5.82. The van der Waals surface area contributed by atoms with Gasteiger partial charge < -0.3 is 20.6 Å². The van der Waals surface area contributed by atoms with E-state index in [0.29, 0.717) is 0 Å². The van der Waals surface area contributed by atoms with E-state index in [1.807, 2.05) is 0 Å². The minimum absolute atomic E-state index is 0.136. The number of carboxylic acids is 3. The van der Waals surface area contributed by atoms with Crippen LogP contribution in [0, 0.1) is 11.8 Å².